The Morgan fingerprint density at radius 1 is 1.44 bits per heavy atom. The van der Waals surface area contributed by atoms with Crippen LogP contribution in [0.3, 0.4) is 0 Å². The van der Waals surface area contributed by atoms with E-state index in [1.54, 1.807) is 11.8 Å². The van der Waals surface area contributed by atoms with Gasteiger partial charge >= 0.3 is 0 Å². The maximum atomic E-state index is 10.9. The Hall–Kier alpha value is -2.17. The Morgan fingerprint density at radius 2 is 2.22 bits per heavy atom. The van der Waals surface area contributed by atoms with Gasteiger partial charge in [-0.2, -0.15) is 0 Å². The first kappa shape index (κ1) is 12.3. The van der Waals surface area contributed by atoms with E-state index >= 15 is 0 Å². The van der Waals surface area contributed by atoms with Crippen molar-refractivity contribution < 1.29 is 9.53 Å². The van der Waals surface area contributed by atoms with E-state index in [1.165, 1.54) is 0 Å². The molecular formula is C13H15N3O2. The minimum absolute atomic E-state index is 0.376. The van der Waals surface area contributed by atoms with Crippen molar-refractivity contribution in [3.63, 3.8) is 0 Å². The van der Waals surface area contributed by atoms with Crippen LogP contribution in [0.25, 0.3) is 5.69 Å². The Bertz CT molecular complexity index is 576. The van der Waals surface area contributed by atoms with Gasteiger partial charge in [-0.05, 0) is 31.0 Å². The molecule has 0 aliphatic rings. The number of rotatable bonds is 4. The van der Waals surface area contributed by atoms with Crippen LogP contribution in [-0.2, 0) is 6.42 Å². The molecule has 0 spiro atoms. The molecule has 0 saturated carbocycles. The molecule has 2 rings (SSSR count). The van der Waals surface area contributed by atoms with E-state index in [2.05, 4.69) is 10.3 Å². The minimum Gasteiger partial charge on any atom is -0.494 e. The van der Waals surface area contributed by atoms with E-state index < -0.39 is 0 Å². The van der Waals surface area contributed by atoms with E-state index in [0.717, 1.165) is 23.2 Å². The molecule has 2 aromatic rings. The predicted octanol–water partition coefficient (Wildman–Crippen LogP) is 1.96. The molecule has 1 heterocycles. The van der Waals surface area contributed by atoms with Crippen LogP contribution in [0.15, 0.2) is 18.2 Å². The van der Waals surface area contributed by atoms with E-state index in [1.807, 2.05) is 32.0 Å². The lowest BCUT2D eigenvalue weighted by Crippen LogP contribution is -2.05. The third kappa shape index (κ3) is 1.99. The van der Waals surface area contributed by atoms with Gasteiger partial charge < -0.3 is 4.74 Å². The third-order valence-electron chi connectivity index (χ3n) is 2.80. The van der Waals surface area contributed by atoms with Gasteiger partial charge in [-0.3, -0.25) is 4.79 Å². The number of methoxy groups -OCH3 is 1. The van der Waals surface area contributed by atoms with Gasteiger partial charge in [0.15, 0.2) is 6.29 Å². The topological polar surface area (TPSA) is 57.0 Å². The molecule has 0 unspecified atom stereocenters. The first-order valence-corrected chi connectivity index (χ1v) is 5.76. The quantitative estimate of drug-likeness (QED) is 0.773. The summed E-state index contributed by atoms with van der Waals surface area (Å²) in [4.78, 5) is 10.9. The summed E-state index contributed by atoms with van der Waals surface area (Å²) in [5.74, 6) is 0.706. The second-order valence-corrected chi connectivity index (χ2v) is 3.98. The van der Waals surface area contributed by atoms with Crippen molar-refractivity contribution in [2.75, 3.05) is 7.11 Å². The zero-order chi connectivity index (χ0) is 13.1. The molecule has 0 amide bonds. The second kappa shape index (κ2) is 5.00. The average Bonchev–Trinajstić information content (AvgIpc) is 2.81. The van der Waals surface area contributed by atoms with Crippen LogP contribution < -0.4 is 4.74 Å². The van der Waals surface area contributed by atoms with Gasteiger partial charge in [0.2, 0.25) is 0 Å². The van der Waals surface area contributed by atoms with Crippen LogP contribution in [-0.4, -0.2) is 28.4 Å². The standard InChI is InChI=1S/C13H15N3O2/c1-4-11-10(8-17)14-15-16(11)12-7-9(2)5-6-13(12)18-3/h5-8H,4H2,1-3H3. The number of aldehydes is 1. The van der Waals surface area contributed by atoms with E-state index in [-0.39, 0.29) is 0 Å². The van der Waals surface area contributed by atoms with Gasteiger partial charge in [0.1, 0.15) is 17.1 Å². The summed E-state index contributed by atoms with van der Waals surface area (Å²) in [5, 5.41) is 7.91. The lowest BCUT2D eigenvalue weighted by molar-refractivity contribution is 0.111. The Kier molecular flexibility index (Phi) is 3.41. The van der Waals surface area contributed by atoms with Gasteiger partial charge in [0.25, 0.3) is 0 Å². The van der Waals surface area contributed by atoms with Gasteiger partial charge in [0, 0.05) is 0 Å². The van der Waals surface area contributed by atoms with Crippen LogP contribution in [0.1, 0.15) is 28.7 Å². The molecule has 0 radical (unpaired) electrons. The summed E-state index contributed by atoms with van der Waals surface area (Å²) in [7, 11) is 1.61. The summed E-state index contributed by atoms with van der Waals surface area (Å²) in [6, 6.07) is 5.80. The highest BCUT2D eigenvalue weighted by Gasteiger charge is 2.15. The number of aryl methyl sites for hydroxylation is 1. The number of hydrogen-bond acceptors (Lipinski definition) is 4. The number of nitrogens with zero attached hydrogens (tertiary/aromatic N) is 3. The lowest BCUT2D eigenvalue weighted by atomic mass is 10.2. The summed E-state index contributed by atoms with van der Waals surface area (Å²) < 4.78 is 6.98. The third-order valence-corrected chi connectivity index (χ3v) is 2.80. The molecule has 0 N–H and O–H groups in total. The number of aromatic nitrogens is 3. The predicted molar refractivity (Wildman–Crippen MR) is 67.4 cm³/mol. The van der Waals surface area contributed by atoms with Crippen molar-refractivity contribution in [3.05, 3.63) is 35.2 Å². The van der Waals surface area contributed by atoms with Crippen LogP contribution in [0, 0.1) is 6.92 Å². The molecule has 0 fully saturated rings. The molecule has 0 aliphatic carbocycles. The second-order valence-electron chi connectivity index (χ2n) is 3.98. The van der Waals surface area contributed by atoms with Gasteiger partial charge in [-0.15, -0.1) is 5.10 Å². The number of carbonyl (C=O) groups excluding carboxylic acids is 1. The highest BCUT2D eigenvalue weighted by molar-refractivity contribution is 5.73. The molecule has 0 saturated heterocycles. The van der Waals surface area contributed by atoms with Crippen LogP contribution in [0.2, 0.25) is 0 Å². The van der Waals surface area contributed by atoms with Gasteiger partial charge in [-0.25, -0.2) is 4.68 Å². The van der Waals surface area contributed by atoms with Crippen molar-refractivity contribution in [1.29, 1.82) is 0 Å². The van der Waals surface area contributed by atoms with Gasteiger partial charge in [-0.1, -0.05) is 18.2 Å². The number of hydrogen-bond donors (Lipinski definition) is 0. The van der Waals surface area contributed by atoms with E-state index in [9.17, 15) is 4.79 Å². The van der Waals surface area contributed by atoms with Crippen molar-refractivity contribution in [1.82, 2.24) is 15.0 Å². The average molecular weight is 245 g/mol. The molecule has 5 heteroatoms. The number of ether oxygens (including phenoxy) is 1. The molecule has 0 atom stereocenters. The normalized spacial score (nSPS) is 10.4. The molecule has 0 aliphatic heterocycles. The monoisotopic (exact) mass is 245 g/mol. The zero-order valence-corrected chi connectivity index (χ0v) is 10.7. The highest BCUT2D eigenvalue weighted by atomic mass is 16.5. The maximum absolute atomic E-state index is 10.9. The molecule has 1 aromatic heterocycles. The molecule has 1 aromatic carbocycles. The Balaban J connectivity index is 2.64. The highest BCUT2D eigenvalue weighted by Crippen LogP contribution is 2.25. The molecule has 0 bridgehead atoms. The minimum atomic E-state index is 0.376. The summed E-state index contributed by atoms with van der Waals surface area (Å²) in [5.41, 5.74) is 3.06. The summed E-state index contributed by atoms with van der Waals surface area (Å²) in [6.07, 6.45) is 1.41. The van der Waals surface area contributed by atoms with E-state index in [4.69, 9.17) is 4.74 Å². The smallest absolute Gasteiger partial charge is 0.172 e. The molecule has 18 heavy (non-hydrogen) atoms. The fourth-order valence-electron chi connectivity index (χ4n) is 1.89. The Morgan fingerprint density at radius 3 is 2.83 bits per heavy atom. The number of carbonyl (C=O) groups is 1. The van der Waals surface area contributed by atoms with Crippen molar-refractivity contribution in [2.45, 2.75) is 20.3 Å². The van der Waals surface area contributed by atoms with Crippen LogP contribution in [0.5, 0.6) is 5.75 Å². The fraction of sp³-hybridized carbons (Fsp3) is 0.308. The Labute approximate surface area is 105 Å². The molecular weight excluding hydrogens is 230 g/mol. The first-order chi connectivity index (χ1) is 8.71. The number of benzene rings is 1. The molecule has 5 nitrogen and oxygen atoms in total. The van der Waals surface area contributed by atoms with Crippen LogP contribution >= 0.6 is 0 Å². The summed E-state index contributed by atoms with van der Waals surface area (Å²) in [6.45, 7) is 3.95. The largest absolute Gasteiger partial charge is 0.494 e. The van der Waals surface area contributed by atoms with Crippen molar-refractivity contribution in [2.24, 2.45) is 0 Å². The summed E-state index contributed by atoms with van der Waals surface area (Å²) >= 11 is 0. The van der Waals surface area contributed by atoms with Crippen molar-refractivity contribution >= 4 is 6.29 Å². The SMILES string of the molecule is CCc1c(C=O)nnn1-c1cc(C)ccc1OC. The van der Waals surface area contributed by atoms with Crippen molar-refractivity contribution in [3.8, 4) is 11.4 Å². The van der Waals surface area contributed by atoms with Crippen LogP contribution in [0.4, 0.5) is 0 Å². The maximum Gasteiger partial charge on any atom is 0.172 e. The van der Waals surface area contributed by atoms with Gasteiger partial charge in [0.05, 0.1) is 12.8 Å². The zero-order valence-electron chi connectivity index (χ0n) is 10.7. The lowest BCUT2D eigenvalue weighted by Gasteiger charge is -2.11. The fourth-order valence-corrected chi connectivity index (χ4v) is 1.89. The van der Waals surface area contributed by atoms with E-state index in [0.29, 0.717) is 17.9 Å². The first-order valence-electron chi connectivity index (χ1n) is 5.76. The molecule has 94 valence electrons.